The summed E-state index contributed by atoms with van der Waals surface area (Å²) in [4.78, 5) is 17.6. The maximum absolute atomic E-state index is 13.4. The Bertz CT molecular complexity index is 1130. The van der Waals surface area contributed by atoms with E-state index in [1.165, 1.54) is 4.90 Å². The van der Waals surface area contributed by atoms with E-state index < -0.39 is 66.2 Å². The molecule has 38 heavy (non-hydrogen) atoms. The van der Waals surface area contributed by atoms with Crippen LogP contribution < -0.4 is 10.2 Å². The van der Waals surface area contributed by atoms with Crippen molar-refractivity contribution in [2.24, 2.45) is 0 Å². The third-order valence-electron chi connectivity index (χ3n) is 5.86. The van der Waals surface area contributed by atoms with Gasteiger partial charge in [0.1, 0.15) is 5.69 Å². The Morgan fingerprint density at radius 1 is 1.00 bits per heavy atom. The van der Waals surface area contributed by atoms with E-state index in [4.69, 9.17) is 4.74 Å². The summed E-state index contributed by atoms with van der Waals surface area (Å²) in [5, 5.41) is 2.75. The molecule has 0 bridgehead atoms. The van der Waals surface area contributed by atoms with E-state index in [2.05, 4.69) is 10.3 Å². The van der Waals surface area contributed by atoms with Crippen LogP contribution in [-0.2, 0) is 29.8 Å². The molecule has 0 spiro atoms. The van der Waals surface area contributed by atoms with Gasteiger partial charge in [-0.2, -0.15) is 39.5 Å². The van der Waals surface area contributed by atoms with E-state index in [1.54, 1.807) is 20.8 Å². The lowest BCUT2D eigenvalue weighted by Crippen LogP contribution is -2.48. The van der Waals surface area contributed by atoms with E-state index in [0.29, 0.717) is 24.6 Å². The number of pyridine rings is 1. The molecule has 2 unspecified atom stereocenters. The molecule has 1 aromatic carbocycles. The lowest BCUT2D eigenvalue weighted by atomic mass is 9.93. The second-order valence-corrected chi connectivity index (χ2v) is 9.05. The quantitative estimate of drug-likeness (QED) is 0.387. The van der Waals surface area contributed by atoms with Crippen LogP contribution in [0.2, 0.25) is 0 Å². The monoisotopic (exact) mass is 557 g/mol. The molecule has 2 atom stereocenters. The maximum atomic E-state index is 13.4. The summed E-state index contributed by atoms with van der Waals surface area (Å²) in [6, 6.07) is 1.18. The van der Waals surface area contributed by atoms with Crippen LogP contribution in [-0.4, -0.2) is 23.2 Å². The number of nitrogens with one attached hydrogen (secondary N) is 1. The highest BCUT2D eigenvalue weighted by atomic mass is 19.4. The second-order valence-electron chi connectivity index (χ2n) is 9.05. The maximum Gasteiger partial charge on any atom is 0.433 e. The lowest BCUT2D eigenvalue weighted by Gasteiger charge is -2.40. The molecule has 210 valence electrons. The van der Waals surface area contributed by atoms with Gasteiger partial charge < -0.3 is 10.1 Å². The molecular weight excluding hydrogens is 533 g/mol. The molecule has 1 N–H and O–H groups in total. The van der Waals surface area contributed by atoms with Gasteiger partial charge in [-0.05, 0) is 62.6 Å². The molecule has 0 radical (unpaired) electrons. The van der Waals surface area contributed by atoms with E-state index >= 15 is 0 Å². The average molecular weight is 557 g/mol. The van der Waals surface area contributed by atoms with Crippen LogP contribution >= 0.6 is 0 Å². The van der Waals surface area contributed by atoms with Gasteiger partial charge in [0.15, 0.2) is 0 Å². The first-order chi connectivity index (χ1) is 17.4. The van der Waals surface area contributed by atoms with Crippen molar-refractivity contribution in [1.29, 1.82) is 0 Å². The number of nitrogens with zero attached hydrogens (tertiary/aromatic N) is 2. The third-order valence-corrected chi connectivity index (χ3v) is 5.86. The molecule has 0 fully saturated rings. The Kier molecular flexibility index (Phi) is 8.25. The second kappa shape index (κ2) is 10.6. The van der Waals surface area contributed by atoms with Crippen LogP contribution in [0.5, 0.6) is 0 Å². The highest BCUT2D eigenvalue weighted by Crippen LogP contribution is 2.41. The zero-order valence-corrected chi connectivity index (χ0v) is 20.4. The fourth-order valence-electron chi connectivity index (χ4n) is 4.17. The first-order valence-corrected chi connectivity index (χ1v) is 11.5. The van der Waals surface area contributed by atoms with Gasteiger partial charge in [0.05, 0.1) is 34.7 Å². The average Bonchev–Trinajstić information content (AvgIpc) is 2.79. The number of carbonyl (C=O) groups excluding carboxylic acids is 1. The number of aromatic nitrogens is 1. The Morgan fingerprint density at radius 3 is 2.05 bits per heavy atom. The summed E-state index contributed by atoms with van der Waals surface area (Å²) < 4.78 is 125. The molecule has 0 aliphatic carbocycles. The minimum atomic E-state index is -5.05. The lowest BCUT2D eigenvalue weighted by molar-refractivity contribution is -0.143. The van der Waals surface area contributed by atoms with E-state index in [9.17, 15) is 44.3 Å². The van der Waals surface area contributed by atoms with Gasteiger partial charge in [0.2, 0.25) is 0 Å². The molecule has 1 aliphatic rings. The van der Waals surface area contributed by atoms with Crippen molar-refractivity contribution in [3.05, 3.63) is 58.4 Å². The van der Waals surface area contributed by atoms with Crippen molar-refractivity contribution in [3.63, 3.8) is 0 Å². The SMILES string of the molecule is CCC1CC(NCc2cc(C(F)(F)F)cc(C(F)(F)F)c2)c2nc(C(F)(F)F)ccc2N1C(=O)OC(C)C. The summed E-state index contributed by atoms with van der Waals surface area (Å²) in [6.45, 7) is 4.34. The van der Waals surface area contributed by atoms with Gasteiger partial charge in [-0.1, -0.05) is 6.92 Å². The fraction of sp³-hybridized carbons (Fsp3) is 0.500. The number of amides is 1. The number of rotatable bonds is 5. The number of carbonyl (C=O) groups is 1. The summed E-state index contributed by atoms with van der Waals surface area (Å²) in [6.07, 6.45) is -16.0. The molecular formula is C24H24F9N3O2. The molecule has 3 rings (SSSR count). The van der Waals surface area contributed by atoms with Gasteiger partial charge in [-0.25, -0.2) is 9.78 Å². The fourth-order valence-corrected chi connectivity index (χ4v) is 4.17. The van der Waals surface area contributed by atoms with Gasteiger partial charge in [0, 0.05) is 12.6 Å². The van der Waals surface area contributed by atoms with Gasteiger partial charge in [-0.15, -0.1) is 0 Å². The Morgan fingerprint density at radius 2 is 1.58 bits per heavy atom. The summed E-state index contributed by atoms with van der Waals surface area (Å²) in [5.74, 6) is 0. The van der Waals surface area contributed by atoms with Crippen LogP contribution in [0.3, 0.4) is 0 Å². The predicted molar refractivity (Wildman–Crippen MR) is 118 cm³/mol. The number of ether oxygens (including phenoxy) is 1. The van der Waals surface area contributed by atoms with Crippen molar-refractivity contribution in [2.75, 3.05) is 4.90 Å². The first kappa shape index (κ1) is 29.5. The minimum absolute atomic E-state index is 0.000673. The molecule has 2 aromatic rings. The van der Waals surface area contributed by atoms with Gasteiger partial charge >= 0.3 is 24.6 Å². The summed E-state index contributed by atoms with van der Waals surface area (Å²) in [7, 11) is 0. The molecule has 2 heterocycles. The van der Waals surface area contributed by atoms with Crippen molar-refractivity contribution in [3.8, 4) is 0 Å². The number of hydrogen-bond donors (Lipinski definition) is 1. The van der Waals surface area contributed by atoms with E-state index in [-0.39, 0.29) is 29.4 Å². The molecule has 1 aromatic heterocycles. The van der Waals surface area contributed by atoms with Crippen LogP contribution in [0.15, 0.2) is 30.3 Å². The van der Waals surface area contributed by atoms with Crippen molar-refractivity contribution >= 4 is 11.8 Å². The Balaban J connectivity index is 2.03. The largest absolute Gasteiger partial charge is 0.446 e. The number of benzene rings is 1. The van der Waals surface area contributed by atoms with E-state index in [0.717, 1.165) is 6.07 Å². The number of alkyl halides is 9. The number of fused-ring (bicyclic) bond motifs is 1. The Hall–Kier alpha value is -3.03. The smallest absolute Gasteiger partial charge is 0.433 e. The zero-order valence-electron chi connectivity index (χ0n) is 20.4. The number of anilines is 1. The molecule has 1 amide bonds. The minimum Gasteiger partial charge on any atom is -0.446 e. The Labute approximate surface area is 212 Å². The molecule has 5 nitrogen and oxygen atoms in total. The topological polar surface area (TPSA) is 54.5 Å². The third kappa shape index (κ3) is 6.69. The summed E-state index contributed by atoms with van der Waals surface area (Å²) in [5.41, 5.74) is -4.91. The van der Waals surface area contributed by atoms with Crippen LogP contribution in [0.1, 0.15) is 67.7 Å². The molecule has 14 heteroatoms. The highest BCUT2D eigenvalue weighted by Gasteiger charge is 2.41. The molecule has 1 aliphatic heterocycles. The predicted octanol–water partition coefficient (Wildman–Crippen LogP) is 7.50. The van der Waals surface area contributed by atoms with Crippen molar-refractivity contribution in [2.45, 2.75) is 76.9 Å². The van der Waals surface area contributed by atoms with Crippen LogP contribution in [0.25, 0.3) is 0 Å². The highest BCUT2D eigenvalue weighted by molar-refractivity contribution is 5.90. The van der Waals surface area contributed by atoms with Crippen LogP contribution in [0.4, 0.5) is 50.0 Å². The normalized spacial score (nSPS) is 18.5. The molecule has 0 saturated heterocycles. The van der Waals surface area contributed by atoms with Gasteiger partial charge in [0.25, 0.3) is 0 Å². The van der Waals surface area contributed by atoms with Crippen LogP contribution in [0, 0.1) is 0 Å². The van der Waals surface area contributed by atoms with E-state index in [1.807, 2.05) is 0 Å². The van der Waals surface area contributed by atoms with Gasteiger partial charge in [-0.3, -0.25) is 4.90 Å². The summed E-state index contributed by atoms with van der Waals surface area (Å²) >= 11 is 0. The number of halogens is 9. The molecule has 0 saturated carbocycles. The first-order valence-electron chi connectivity index (χ1n) is 11.5. The number of hydrogen-bond acceptors (Lipinski definition) is 4. The van der Waals surface area contributed by atoms with Crippen molar-refractivity contribution in [1.82, 2.24) is 10.3 Å². The van der Waals surface area contributed by atoms with Crippen molar-refractivity contribution < 1.29 is 49.0 Å². The zero-order chi connectivity index (χ0) is 28.6. The standard InChI is InChI=1S/C24H24F9N3O2/c1-4-16-10-17(34-11-13-7-14(22(25,26)27)9-15(8-13)23(28,29)30)20-18(36(16)21(37)38-12(2)3)5-6-19(35-20)24(31,32)33/h5-9,12,16-17,34H,4,10-11H2,1-3H3.